The van der Waals surface area contributed by atoms with Crippen molar-refractivity contribution in [2.45, 2.75) is 17.7 Å². The zero-order valence-electron chi connectivity index (χ0n) is 13.9. The lowest BCUT2D eigenvalue weighted by Gasteiger charge is -2.31. The molecule has 1 aromatic carbocycles. The van der Waals surface area contributed by atoms with Crippen molar-refractivity contribution in [2.75, 3.05) is 13.1 Å². The van der Waals surface area contributed by atoms with Crippen LogP contribution < -0.4 is 10.9 Å². The van der Waals surface area contributed by atoms with E-state index < -0.39 is 21.8 Å². The average Bonchev–Trinajstić information content (AvgIpc) is 3.21. The molecule has 2 heterocycles. The molecule has 0 aliphatic carbocycles. The molecule has 1 fully saturated rings. The van der Waals surface area contributed by atoms with Crippen LogP contribution in [0.3, 0.4) is 0 Å². The van der Waals surface area contributed by atoms with Crippen LogP contribution in [0.15, 0.2) is 52.7 Å². The van der Waals surface area contributed by atoms with Crippen LogP contribution in [0.1, 0.15) is 22.5 Å². The molecule has 2 N–H and O–H groups in total. The van der Waals surface area contributed by atoms with Crippen LogP contribution in [0.5, 0.6) is 0 Å². The molecule has 26 heavy (non-hydrogen) atoms. The first kappa shape index (κ1) is 18.6. The van der Waals surface area contributed by atoms with Crippen LogP contribution in [-0.2, 0) is 14.8 Å². The van der Waals surface area contributed by atoms with E-state index in [-0.39, 0.29) is 17.3 Å². The number of hydrazine groups is 1. The van der Waals surface area contributed by atoms with Gasteiger partial charge in [-0.3, -0.25) is 20.4 Å². The maximum atomic E-state index is 12.7. The van der Waals surface area contributed by atoms with E-state index in [0.717, 1.165) is 0 Å². The lowest BCUT2D eigenvalue weighted by Crippen LogP contribution is -2.49. The fourth-order valence-electron chi connectivity index (χ4n) is 2.81. The molecule has 1 aliphatic rings. The van der Waals surface area contributed by atoms with E-state index >= 15 is 0 Å². The Balaban J connectivity index is 1.61. The normalized spacial score (nSPS) is 18.2. The minimum atomic E-state index is -3.63. The molecule has 2 aromatic rings. The number of rotatable bonds is 4. The van der Waals surface area contributed by atoms with E-state index in [1.807, 2.05) is 0 Å². The first-order valence-electron chi connectivity index (χ1n) is 8.17. The summed E-state index contributed by atoms with van der Waals surface area (Å²) in [6.45, 7) is 0.473. The number of piperidine rings is 1. The highest BCUT2D eigenvalue weighted by atomic mass is 32.2. The predicted molar refractivity (Wildman–Crippen MR) is 97.9 cm³/mol. The Morgan fingerprint density at radius 1 is 1.08 bits per heavy atom. The van der Waals surface area contributed by atoms with Gasteiger partial charge in [-0.25, -0.2) is 8.42 Å². The number of hydrogen-bond donors (Lipinski definition) is 2. The molecule has 2 amide bonds. The third kappa shape index (κ3) is 4.12. The van der Waals surface area contributed by atoms with Gasteiger partial charge in [-0.1, -0.05) is 24.3 Å². The number of nitrogens with one attached hydrogen (secondary N) is 2. The predicted octanol–water partition coefficient (Wildman–Crippen LogP) is 1.61. The Morgan fingerprint density at radius 3 is 2.54 bits per heavy atom. The molecule has 0 saturated carbocycles. The summed E-state index contributed by atoms with van der Waals surface area (Å²) in [7, 11) is -3.63. The summed E-state index contributed by atoms with van der Waals surface area (Å²) in [4.78, 5) is 24.9. The Bertz CT molecular complexity index is 867. The van der Waals surface area contributed by atoms with E-state index in [2.05, 4.69) is 10.9 Å². The molecule has 9 heteroatoms. The molecule has 1 aliphatic heterocycles. The number of hydrogen-bond acceptors (Lipinski definition) is 5. The van der Waals surface area contributed by atoms with Gasteiger partial charge in [0.2, 0.25) is 15.9 Å². The minimum absolute atomic E-state index is 0.0952. The summed E-state index contributed by atoms with van der Waals surface area (Å²) in [5.41, 5.74) is 4.77. The van der Waals surface area contributed by atoms with E-state index in [4.69, 9.17) is 0 Å². The van der Waals surface area contributed by atoms with Crippen molar-refractivity contribution in [1.82, 2.24) is 15.2 Å². The van der Waals surface area contributed by atoms with Crippen LogP contribution in [0, 0.1) is 5.92 Å². The van der Waals surface area contributed by atoms with Gasteiger partial charge in [0.15, 0.2) is 0 Å². The molecule has 3 rings (SSSR count). The lowest BCUT2D eigenvalue weighted by molar-refractivity contribution is -0.126. The number of amides is 2. The molecule has 0 radical (unpaired) electrons. The monoisotopic (exact) mass is 393 g/mol. The average molecular weight is 393 g/mol. The van der Waals surface area contributed by atoms with Gasteiger partial charge < -0.3 is 0 Å². The number of sulfonamides is 1. The molecule has 1 atom stereocenters. The standard InChI is InChI=1S/C17H19N3O4S2/c21-16(18-19-17(22)15-9-5-11-25-15)13-6-4-10-20(12-13)26(23,24)14-7-2-1-3-8-14/h1-3,5,7-9,11,13H,4,6,10,12H2,(H,18,21)(H,19,22)/t13-/m1/s1. The van der Waals surface area contributed by atoms with Crippen LogP contribution in [0.2, 0.25) is 0 Å². The molecular formula is C17H19N3O4S2. The van der Waals surface area contributed by atoms with Gasteiger partial charge in [0.1, 0.15) is 0 Å². The topological polar surface area (TPSA) is 95.6 Å². The largest absolute Gasteiger partial charge is 0.279 e. The van der Waals surface area contributed by atoms with Crippen molar-refractivity contribution in [1.29, 1.82) is 0 Å². The summed E-state index contributed by atoms with van der Waals surface area (Å²) < 4.78 is 26.7. The SMILES string of the molecule is O=C(NNC(=O)[C@@H]1CCCN(S(=O)(=O)c2ccccc2)C1)c1cccs1. The highest BCUT2D eigenvalue weighted by molar-refractivity contribution is 7.89. The molecule has 0 spiro atoms. The smallest absolute Gasteiger partial charge is 0.273 e. The Hall–Kier alpha value is -2.23. The third-order valence-corrected chi connectivity index (χ3v) is 6.93. The van der Waals surface area contributed by atoms with Gasteiger partial charge in [0, 0.05) is 13.1 Å². The van der Waals surface area contributed by atoms with Gasteiger partial charge >= 0.3 is 0 Å². The molecule has 1 saturated heterocycles. The Kier molecular flexibility index (Phi) is 5.70. The number of benzene rings is 1. The van der Waals surface area contributed by atoms with Crippen molar-refractivity contribution < 1.29 is 18.0 Å². The Labute approximate surface area is 156 Å². The highest BCUT2D eigenvalue weighted by Gasteiger charge is 2.33. The summed E-state index contributed by atoms with van der Waals surface area (Å²) in [5.74, 6) is -1.29. The van der Waals surface area contributed by atoms with Crippen molar-refractivity contribution in [3.63, 3.8) is 0 Å². The summed E-state index contributed by atoms with van der Waals surface area (Å²) in [6.07, 6.45) is 1.16. The number of thiophene rings is 1. The molecule has 0 unspecified atom stereocenters. The Morgan fingerprint density at radius 2 is 1.85 bits per heavy atom. The third-order valence-electron chi connectivity index (χ3n) is 4.18. The van der Waals surface area contributed by atoms with E-state index in [9.17, 15) is 18.0 Å². The lowest BCUT2D eigenvalue weighted by atomic mass is 9.99. The first-order valence-corrected chi connectivity index (χ1v) is 10.5. The summed E-state index contributed by atoms with van der Waals surface area (Å²) >= 11 is 1.27. The van der Waals surface area contributed by atoms with Crippen LogP contribution >= 0.6 is 11.3 Å². The molecular weight excluding hydrogens is 374 g/mol. The fourth-order valence-corrected chi connectivity index (χ4v) is 4.97. The zero-order chi connectivity index (χ0) is 18.6. The fraction of sp³-hybridized carbons (Fsp3) is 0.294. The molecule has 7 nitrogen and oxygen atoms in total. The summed E-state index contributed by atoms with van der Waals surface area (Å²) in [5, 5.41) is 1.77. The van der Waals surface area contributed by atoms with Gasteiger partial charge in [0.25, 0.3) is 5.91 Å². The highest BCUT2D eigenvalue weighted by Crippen LogP contribution is 2.23. The van der Waals surface area contributed by atoms with Gasteiger partial charge in [-0.05, 0) is 36.4 Å². The maximum absolute atomic E-state index is 12.7. The number of carbonyl (C=O) groups excluding carboxylic acids is 2. The zero-order valence-corrected chi connectivity index (χ0v) is 15.6. The number of nitrogens with zero attached hydrogens (tertiary/aromatic N) is 1. The van der Waals surface area contributed by atoms with Gasteiger partial charge in [0.05, 0.1) is 15.7 Å². The molecule has 0 bridgehead atoms. The van der Waals surface area contributed by atoms with E-state index in [1.165, 1.54) is 15.6 Å². The van der Waals surface area contributed by atoms with Crippen molar-refractivity contribution >= 4 is 33.2 Å². The van der Waals surface area contributed by atoms with Crippen LogP contribution in [0.4, 0.5) is 0 Å². The second kappa shape index (κ2) is 7.98. The quantitative estimate of drug-likeness (QED) is 0.772. The maximum Gasteiger partial charge on any atom is 0.279 e. The van der Waals surface area contributed by atoms with Gasteiger partial charge in [-0.2, -0.15) is 4.31 Å². The minimum Gasteiger partial charge on any atom is -0.273 e. The first-order chi connectivity index (χ1) is 12.5. The van der Waals surface area contributed by atoms with Crippen LogP contribution in [-0.4, -0.2) is 37.6 Å². The molecule has 138 valence electrons. The van der Waals surface area contributed by atoms with Gasteiger partial charge in [-0.15, -0.1) is 11.3 Å². The summed E-state index contributed by atoms with van der Waals surface area (Å²) in [6, 6.07) is 11.6. The van der Waals surface area contributed by atoms with Crippen molar-refractivity contribution in [2.24, 2.45) is 5.92 Å². The van der Waals surface area contributed by atoms with Crippen molar-refractivity contribution in [3.8, 4) is 0 Å². The van der Waals surface area contributed by atoms with Crippen LogP contribution in [0.25, 0.3) is 0 Å². The van der Waals surface area contributed by atoms with Crippen molar-refractivity contribution in [3.05, 3.63) is 52.7 Å². The second-order valence-electron chi connectivity index (χ2n) is 5.94. The molecule has 1 aromatic heterocycles. The second-order valence-corrected chi connectivity index (χ2v) is 8.82. The number of carbonyl (C=O) groups is 2. The van der Waals surface area contributed by atoms with E-state index in [1.54, 1.807) is 47.8 Å². The van der Waals surface area contributed by atoms with E-state index in [0.29, 0.717) is 24.3 Å².